The van der Waals surface area contributed by atoms with Gasteiger partial charge >= 0.3 is 0 Å². The van der Waals surface area contributed by atoms with E-state index in [9.17, 15) is 0 Å². The number of hydrogen-bond donors (Lipinski definition) is 1. The first kappa shape index (κ1) is 9.72. The maximum atomic E-state index is 3.31. The fourth-order valence-corrected chi connectivity index (χ4v) is 2.55. The maximum Gasteiger partial charge on any atom is 0.00198 e. The average Bonchev–Trinajstić information content (AvgIpc) is 2.23. The van der Waals surface area contributed by atoms with Crippen LogP contribution in [0.3, 0.4) is 0 Å². The van der Waals surface area contributed by atoms with Crippen LogP contribution < -0.4 is 5.32 Å². The molecule has 2 unspecified atom stereocenters. The topological polar surface area (TPSA) is 12.0 Å². The number of benzene rings is 1. The van der Waals surface area contributed by atoms with E-state index in [0.717, 1.165) is 12.5 Å². The lowest BCUT2D eigenvalue weighted by Crippen LogP contribution is -2.27. The van der Waals surface area contributed by atoms with E-state index < -0.39 is 0 Å². The van der Waals surface area contributed by atoms with Gasteiger partial charge in [0.15, 0.2) is 0 Å². The van der Waals surface area contributed by atoms with Crippen molar-refractivity contribution in [1.29, 1.82) is 0 Å². The van der Waals surface area contributed by atoms with Crippen molar-refractivity contribution in [2.75, 3.05) is 13.6 Å². The molecule has 0 amide bonds. The third-order valence-electron chi connectivity index (χ3n) is 3.43. The third kappa shape index (κ3) is 1.69. The highest BCUT2D eigenvalue weighted by Crippen LogP contribution is 2.35. The molecule has 1 aromatic rings. The van der Waals surface area contributed by atoms with E-state index in [-0.39, 0.29) is 0 Å². The van der Waals surface area contributed by atoms with Crippen LogP contribution in [0.2, 0.25) is 0 Å². The van der Waals surface area contributed by atoms with Gasteiger partial charge in [0, 0.05) is 6.54 Å². The van der Waals surface area contributed by atoms with Gasteiger partial charge in [0.1, 0.15) is 0 Å². The number of hydrogen-bond acceptors (Lipinski definition) is 1. The molecule has 76 valence electrons. The lowest BCUT2D eigenvalue weighted by molar-refractivity contribution is 0.393. The molecule has 0 aromatic heterocycles. The van der Waals surface area contributed by atoms with Crippen molar-refractivity contribution >= 4 is 0 Å². The average molecular weight is 189 g/mol. The molecule has 0 fully saturated rings. The molecular formula is C13H19N. The third-order valence-corrected chi connectivity index (χ3v) is 3.43. The summed E-state index contributed by atoms with van der Waals surface area (Å²) in [6, 6.07) is 8.90. The van der Waals surface area contributed by atoms with E-state index in [2.05, 4.69) is 36.5 Å². The zero-order valence-corrected chi connectivity index (χ0v) is 9.09. The first-order chi connectivity index (χ1) is 6.83. The molecule has 1 aromatic carbocycles. The van der Waals surface area contributed by atoms with Crippen molar-refractivity contribution in [3.63, 3.8) is 0 Å². The molecule has 0 spiro atoms. The van der Waals surface area contributed by atoms with E-state index in [4.69, 9.17) is 0 Å². The summed E-state index contributed by atoms with van der Waals surface area (Å²) in [5.41, 5.74) is 3.13. The van der Waals surface area contributed by atoms with Crippen LogP contribution in [0.15, 0.2) is 24.3 Å². The minimum absolute atomic E-state index is 0.713. The normalized spacial score (nSPS) is 25.9. The van der Waals surface area contributed by atoms with Crippen molar-refractivity contribution in [1.82, 2.24) is 5.32 Å². The Hall–Kier alpha value is -0.820. The van der Waals surface area contributed by atoms with Crippen molar-refractivity contribution in [2.24, 2.45) is 5.92 Å². The summed E-state index contributed by atoms with van der Waals surface area (Å²) in [5, 5.41) is 3.31. The second kappa shape index (κ2) is 4.14. The Kier molecular flexibility index (Phi) is 2.87. The Morgan fingerprint density at radius 3 is 2.93 bits per heavy atom. The molecule has 1 nitrogen and oxygen atoms in total. The quantitative estimate of drug-likeness (QED) is 0.754. The van der Waals surface area contributed by atoms with Crippen molar-refractivity contribution in [3.05, 3.63) is 35.4 Å². The van der Waals surface area contributed by atoms with Crippen molar-refractivity contribution in [2.45, 2.75) is 25.7 Å². The fraction of sp³-hybridized carbons (Fsp3) is 0.538. The zero-order chi connectivity index (χ0) is 9.97. The van der Waals surface area contributed by atoms with Gasteiger partial charge < -0.3 is 5.32 Å². The molecule has 1 N–H and O–H groups in total. The van der Waals surface area contributed by atoms with Gasteiger partial charge in [-0.15, -0.1) is 0 Å². The first-order valence-corrected chi connectivity index (χ1v) is 5.55. The van der Waals surface area contributed by atoms with Gasteiger partial charge in [-0.1, -0.05) is 31.2 Å². The van der Waals surface area contributed by atoms with E-state index >= 15 is 0 Å². The molecule has 1 aliphatic rings. The summed E-state index contributed by atoms with van der Waals surface area (Å²) in [6.45, 7) is 3.48. The minimum atomic E-state index is 0.713. The predicted octanol–water partition coefficient (Wildman–Crippen LogP) is 2.57. The number of rotatable bonds is 2. The molecule has 0 radical (unpaired) electrons. The molecule has 2 rings (SSSR count). The van der Waals surface area contributed by atoms with Crippen LogP contribution in [0, 0.1) is 5.92 Å². The molecule has 0 saturated heterocycles. The highest BCUT2D eigenvalue weighted by Gasteiger charge is 2.25. The highest BCUT2D eigenvalue weighted by atomic mass is 14.8. The van der Waals surface area contributed by atoms with Crippen LogP contribution in [-0.4, -0.2) is 13.6 Å². The summed E-state index contributed by atoms with van der Waals surface area (Å²) in [4.78, 5) is 0. The maximum absolute atomic E-state index is 3.31. The van der Waals surface area contributed by atoms with Crippen LogP contribution in [-0.2, 0) is 6.42 Å². The Morgan fingerprint density at radius 2 is 2.14 bits per heavy atom. The van der Waals surface area contributed by atoms with Gasteiger partial charge in [-0.3, -0.25) is 0 Å². The molecule has 0 saturated carbocycles. The molecule has 0 bridgehead atoms. The minimum Gasteiger partial charge on any atom is -0.319 e. The number of aryl methyl sites for hydroxylation is 1. The van der Waals surface area contributed by atoms with E-state index in [1.807, 2.05) is 7.05 Å². The SMILES string of the molecule is CNCC1c2ccccc2CCC1C. The van der Waals surface area contributed by atoms with Crippen LogP contribution in [0.25, 0.3) is 0 Å². The van der Waals surface area contributed by atoms with Gasteiger partial charge in [0.2, 0.25) is 0 Å². The lowest BCUT2D eigenvalue weighted by Gasteiger charge is -2.31. The smallest absolute Gasteiger partial charge is 0.00198 e. The fourth-order valence-electron chi connectivity index (χ4n) is 2.55. The summed E-state index contributed by atoms with van der Waals surface area (Å²) < 4.78 is 0. The van der Waals surface area contributed by atoms with E-state index in [1.165, 1.54) is 12.8 Å². The number of fused-ring (bicyclic) bond motifs is 1. The Bertz CT molecular complexity index is 306. The van der Waals surface area contributed by atoms with E-state index in [0.29, 0.717) is 5.92 Å². The molecule has 1 aliphatic carbocycles. The lowest BCUT2D eigenvalue weighted by atomic mass is 9.76. The number of nitrogens with one attached hydrogen (secondary N) is 1. The van der Waals surface area contributed by atoms with E-state index in [1.54, 1.807) is 11.1 Å². The summed E-state index contributed by atoms with van der Waals surface area (Å²) in [5.74, 6) is 1.53. The van der Waals surface area contributed by atoms with Gasteiger partial charge in [-0.2, -0.15) is 0 Å². The molecule has 2 atom stereocenters. The second-order valence-electron chi connectivity index (χ2n) is 4.38. The second-order valence-corrected chi connectivity index (χ2v) is 4.38. The molecule has 0 aliphatic heterocycles. The van der Waals surface area contributed by atoms with Crippen molar-refractivity contribution in [3.8, 4) is 0 Å². The van der Waals surface area contributed by atoms with Crippen LogP contribution in [0.1, 0.15) is 30.4 Å². The molecule has 14 heavy (non-hydrogen) atoms. The summed E-state index contributed by atoms with van der Waals surface area (Å²) in [6.07, 6.45) is 2.60. The van der Waals surface area contributed by atoms with Crippen LogP contribution in [0.5, 0.6) is 0 Å². The zero-order valence-electron chi connectivity index (χ0n) is 9.09. The largest absolute Gasteiger partial charge is 0.319 e. The predicted molar refractivity (Wildman–Crippen MR) is 60.6 cm³/mol. The Morgan fingerprint density at radius 1 is 1.36 bits per heavy atom. The Labute approximate surface area is 86.5 Å². The Balaban J connectivity index is 2.31. The molecule has 1 heteroatoms. The standard InChI is InChI=1S/C13H19N/c1-10-7-8-11-5-3-4-6-12(11)13(10)9-14-2/h3-6,10,13-14H,7-9H2,1-2H3. The number of likely N-dealkylation sites (N-methyl/N-ethyl adjacent to an activating group) is 1. The van der Waals surface area contributed by atoms with Crippen LogP contribution in [0.4, 0.5) is 0 Å². The van der Waals surface area contributed by atoms with Crippen LogP contribution >= 0.6 is 0 Å². The van der Waals surface area contributed by atoms with Gasteiger partial charge in [0.25, 0.3) is 0 Å². The first-order valence-electron chi connectivity index (χ1n) is 5.55. The highest BCUT2D eigenvalue weighted by molar-refractivity contribution is 5.33. The summed E-state index contributed by atoms with van der Waals surface area (Å²) >= 11 is 0. The monoisotopic (exact) mass is 189 g/mol. The van der Waals surface area contributed by atoms with Crippen molar-refractivity contribution < 1.29 is 0 Å². The summed E-state index contributed by atoms with van der Waals surface area (Å²) in [7, 11) is 2.05. The molecular weight excluding hydrogens is 170 g/mol. The van der Waals surface area contributed by atoms with Gasteiger partial charge in [0.05, 0.1) is 0 Å². The molecule has 0 heterocycles. The van der Waals surface area contributed by atoms with Gasteiger partial charge in [-0.05, 0) is 42.9 Å². The van der Waals surface area contributed by atoms with Gasteiger partial charge in [-0.25, -0.2) is 0 Å².